The van der Waals surface area contributed by atoms with Gasteiger partial charge < -0.3 is 9.47 Å². The molecule has 0 spiro atoms. The molecule has 141 valence electrons. The monoisotopic (exact) mass is 385 g/mol. The first-order chi connectivity index (χ1) is 12.3. The summed E-state index contributed by atoms with van der Waals surface area (Å²) in [6.45, 7) is 4.36. The van der Waals surface area contributed by atoms with Gasteiger partial charge in [-0.1, -0.05) is 0 Å². The van der Waals surface area contributed by atoms with E-state index in [2.05, 4.69) is 0 Å². The van der Waals surface area contributed by atoms with Gasteiger partial charge in [0.2, 0.25) is 0 Å². The van der Waals surface area contributed by atoms with Crippen LogP contribution in [0.3, 0.4) is 0 Å². The van der Waals surface area contributed by atoms with Crippen LogP contribution in [0, 0.1) is 6.92 Å². The van der Waals surface area contributed by atoms with Gasteiger partial charge in [0.15, 0.2) is 5.75 Å². The van der Waals surface area contributed by atoms with Gasteiger partial charge in [-0.25, -0.2) is 0 Å². The van der Waals surface area contributed by atoms with Crippen LogP contribution in [-0.4, -0.2) is 25.1 Å². The molecular formula is C19H20F3O3S. The summed E-state index contributed by atoms with van der Waals surface area (Å²) in [5.41, 5.74) is -0.0251. The smallest absolute Gasteiger partial charge is 0.416 e. The molecule has 2 rings (SSSR count). The lowest BCUT2D eigenvalue weighted by Gasteiger charge is -2.18. The molecule has 2 aromatic carbocycles. The largest absolute Gasteiger partial charge is 0.491 e. The molecule has 0 aromatic heterocycles. The van der Waals surface area contributed by atoms with E-state index in [1.807, 2.05) is 13.0 Å². The topological polar surface area (TPSA) is 38.4 Å². The van der Waals surface area contributed by atoms with Crippen LogP contribution in [0.2, 0.25) is 0 Å². The Morgan fingerprint density at radius 3 is 2.38 bits per heavy atom. The normalized spacial score (nSPS) is 12.8. The number of hydrogen-bond acceptors (Lipinski definition) is 3. The Morgan fingerprint density at radius 2 is 1.81 bits per heavy atom. The van der Waals surface area contributed by atoms with Crippen LogP contribution in [0.15, 0.2) is 47.4 Å². The highest BCUT2D eigenvalue weighted by Crippen LogP contribution is 2.30. The van der Waals surface area contributed by atoms with E-state index in [9.17, 15) is 18.3 Å². The lowest BCUT2D eigenvalue weighted by Crippen LogP contribution is -2.24. The van der Waals surface area contributed by atoms with Gasteiger partial charge in [0.25, 0.3) is 0 Å². The molecule has 7 heteroatoms. The number of halogens is 3. The van der Waals surface area contributed by atoms with E-state index in [-0.39, 0.29) is 18.5 Å². The Balaban J connectivity index is 1.90. The quantitative estimate of drug-likeness (QED) is 0.545. The highest BCUT2D eigenvalue weighted by molar-refractivity contribution is 7.99. The summed E-state index contributed by atoms with van der Waals surface area (Å²) in [4.78, 5) is 0.960. The second-order valence-corrected chi connectivity index (χ2v) is 6.74. The molecule has 3 nitrogen and oxygen atoms in total. The molecule has 1 radical (unpaired) electrons. The van der Waals surface area contributed by atoms with E-state index in [4.69, 9.17) is 9.47 Å². The maximum atomic E-state index is 12.6. The fourth-order valence-electron chi connectivity index (χ4n) is 2.21. The maximum absolute atomic E-state index is 12.6. The summed E-state index contributed by atoms with van der Waals surface area (Å²) in [6, 6.07) is 9.71. The molecule has 0 fully saturated rings. The highest BCUT2D eigenvalue weighted by atomic mass is 32.2. The molecule has 26 heavy (non-hydrogen) atoms. The van der Waals surface area contributed by atoms with Crippen LogP contribution in [0.25, 0.3) is 0 Å². The minimum atomic E-state index is -4.36. The van der Waals surface area contributed by atoms with E-state index >= 15 is 0 Å². The minimum absolute atomic E-state index is 0.00125. The average molecular weight is 385 g/mol. The molecule has 2 aromatic rings. The van der Waals surface area contributed by atoms with E-state index in [0.29, 0.717) is 23.7 Å². The highest BCUT2D eigenvalue weighted by Gasteiger charge is 2.30. The third kappa shape index (κ3) is 6.14. The summed E-state index contributed by atoms with van der Waals surface area (Å²) in [6.07, 6.45) is -4.58. The van der Waals surface area contributed by atoms with Crippen molar-refractivity contribution in [1.29, 1.82) is 0 Å². The SMILES string of the molecule is CCO[C@@H](COc1ccc(C(F)(F)F)cc1)CSc1ccc([O])c(C)c1. The molecule has 0 aliphatic heterocycles. The van der Waals surface area contributed by atoms with Gasteiger partial charge in [-0.3, -0.25) is 5.11 Å². The third-order valence-electron chi connectivity index (χ3n) is 3.60. The van der Waals surface area contributed by atoms with Crippen molar-refractivity contribution in [2.24, 2.45) is 0 Å². The van der Waals surface area contributed by atoms with E-state index in [1.165, 1.54) is 30.0 Å². The zero-order valence-corrected chi connectivity index (χ0v) is 15.3. The fourth-order valence-corrected chi connectivity index (χ4v) is 3.21. The van der Waals surface area contributed by atoms with Crippen molar-refractivity contribution < 1.29 is 27.8 Å². The molecule has 0 aliphatic carbocycles. The Kier molecular flexibility index (Phi) is 7.23. The van der Waals surface area contributed by atoms with Crippen LogP contribution in [-0.2, 0) is 16.0 Å². The van der Waals surface area contributed by atoms with E-state index in [1.54, 1.807) is 13.0 Å². The van der Waals surface area contributed by atoms with Crippen LogP contribution >= 0.6 is 11.8 Å². The van der Waals surface area contributed by atoms with Gasteiger partial charge >= 0.3 is 6.18 Å². The first-order valence-corrected chi connectivity index (χ1v) is 9.10. The van der Waals surface area contributed by atoms with Gasteiger partial charge in [0.1, 0.15) is 18.5 Å². The molecule has 0 unspecified atom stereocenters. The van der Waals surface area contributed by atoms with Gasteiger partial charge in [-0.15, -0.1) is 11.8 Å². The average Bonchev–Trinajstić information content (AvgIpc) is 2.60. The summed E-state index contributed by atoms with van der Waals surface area (Å²) in [5.74, 6) is 0.965. The molecule has 0 aliphatic rings. The first kappa shape index (κ1) is 20.5. The van der Waals surface area contributed by atoms with E-state index < -0.39 is 11.7 Å². The first-order valence-electron chi connectivity index (χ1n) is 8.11. The molecule has 1 atom stereocenters. The van der Waals surface area contributed by atoms with Crippen molar-refractivity contribution in [3.8, 4) is 11.5 Å². The molecule has 0 amide bonds. The van der Waals surface area contributed by atoms with Gasteiger partial charge in [0.05, 0.1) is 5.56 Å². The Hall–Kier alpha value is -1.86. The Labute approximate surface area is 155 Å². The third-order valence-corrected chi connectivity index (χ3v) is 4.73. The number of aryl methyl sites for hydroxylation is 1. The second kappa shape index (κ2) is 9.19. The van der Waals surface area contributed by atoms with Crippen LogP contribution in [0.4, 0.5) is 13.2 Å². The van der Waals surface area contributed by atoms with Crippen LogP contribution in [0.5, 0.6) is 11.5 Å². The van der Waals surface area contributed by atoms with Gasteiger partial charge in [-0.2, -0.15) is 13.2 Å². The molecule has 0 N–H and O–H groups in total. The standard InChI is InChI=1S/C19H20F3O3S/c1-3-24-16(12-26-17-8-9-18(23)13(2)10-17)11-25-15-6-4-14(5-7-15)19(20,21)22/h4-10,16H,3,11-12H2,1-2H3/t16-/m0/s1. The van der Waals surface area contributed by atoms with Crippen molar-refractivity contribution in [3.63, 3.8) is 0 Å². The number of ether oxygens (including phenoxy) is 2. The van der Waals surface area contributed by atoms with Crippen molar-refractivity contribution in [1.82, 2.24) is 0 Å². The van der Waals surface area contributed by atoms with Crippen LogP contribution < -0.4 is 4.74 Å². The number of hydrogen-bond donors (Lipinski definition) is 0. The molecule has 0 heterocycles. The zero-order chi connectivity index (χ0) is 19.2. The molecule has 0 bridgehead atoms. The summed E-state index contributed by atoms with van der Waals surface area (Å²) < 4.78 is 48.9. The predicted octanol–water partition coefficient (Wildman–Crippen LogP) is 5.73. The Bertz CT molecular complexity index is 702. The minimum Gasteiger partial charge on any atom is -0.491 e. The summed E-state index contributed by atoms with van der Waals surface area (Å²) in [7, 11) is 0. The van der Waals surface area contributed by atoms with Crippen LogP contribution in [0.1, 0.15) is 18.1 Å². The molecule has 0 saturated carbocycles. The van der Waals surface area contributed by atoms with Crippen molar-refractivity contribution >= 4 is 11.8 Å². The maximum Gasteiger partial charge on any atom is 0.416 e. The predicted molar refractivity (Wildman–Crippen MR) is 94.4 cm³/mol. The lowest BCUT2D eigenvalue weighted by atomic mass is 10.2. The van der Waals surface area contributed by atoms with Crippen molar-refractivity contribution in [2.75, 3.05) is 19.0 Å². The van der Waals surface area contributed by atoms with Gasteiger partial charge in [-0.05, 0) is 61.9 Å². The number of rotatable bonds is 8. The van der Waals surface area contributed by atoms with E-state index in [0.717, 1.165) is 17.0 Å². The Morgan fingerprint density at radius 1 is 1.12 bits per heavy atom. The number of alkyl halides is 3. The molecular weight excluding hydrogens is 365 g/mol. The number of benzene rings is 2. The zero-order valence-electron chi connectivity index (χ0n) is 14.5. The lowest BCUT2D eigenvalue weighted by molar-refractivity contribution is -0.137. The summed E-state index contributed by atoms with van der Waals surface area (Å²) >= 11 is 1.54. The molecule has 0 saturated heterocycles. The second-order valence-electron chi connectivity index (χ2n) is 5.65. The number of thioether (sulfide) groups is 1. The van der Waals surface area contributed by atoms with Gasteiger partial charge in [0, 0.05) is 17.3 Å². The van der Waals surface area contributed by atoms with Crippen molar-refractivity contribution in [3.05, 3.63) is 53.6 Å². The fraction of sp³-hybridized carbons (Fsp3) is 0.368. The van der Waals surface area contributed by atoms with Crippen molar-refractivity contribution in [2.45, 2.75) is 31.0 Å². The summed E-state index contributed by atoms with van der Waals surface area (Å²) in [5, 5.41) is 11.4.